The van der Waals surface area contributed by atoms with Crippen LogP contribution in [0.15, 0.2) is 71.7 Å². The number of nitrogens with zero attached hydrogens (tertiary/aromatic N) is 4. The van der Waals surface area contributed by atoms with Gasteiger partial charge in [-0.2, -0.15) is 14.9 Å². The molecule has 122 valence electrons. The predicted molar refractivity (Wildman–Crippen MR) is 92.3 cm³/mol. The molecule has 4 aromatic rings. The molecule has 4 rings (SSSR count). The van der Waals surface area contributed by atoms with Gasteiger partial charge >= 0.3 is 5.69 Å². The molecule has 7 heteroatoms. The van der Waals surface area contributed by atoms with E-state index < -0.39 is 5.69 Å². The molecule has 0 amide bonds. The molecule has 0 aliphatic heterocycles. The van der Waals surface area contributed by atoms with Gasteiger partial charge in [0.05, 0.1) is 23.3 Å². The van der Waals surface area contributed by atoms with Crippen LogP contribution in [-0.4, -0.2) is 30.1 Å². The van der Waals surface area contributed by atoms with Crippen molar-refractivity contribution in [3.05, 3.63) is 77.3 Å². The van der Waals surface area contributed by atoms with Gasteiger partial charge in [-0.15, -0.1) is 5.10 Å². The van der Waals surface area contributed by atoms with Crippen molar-refractivity contribution in [1.82, 2.24) is 25.0 Å². The summed E-state index contributed by atoms with van der Waals surface area (Å²) in [5.41, 5.74) is 2.10. The van der Waals surface area contributed by atoms with Crippen LogP contribution in [0.2, 0.25) is 0 Å². The predicted octanol–water partition coefficient (Wildman–Crippen LogP) is 2.39. The summed E-state index contributed by atoms with van der Waals surface area (Å²) >= 11 is 0. The maximum absolute atomic E-state index is 11.9. The summed E-state index contributed by atoms with van der Waals surface area (Å²) in [4.78, 5) is 20.0. The number of H-pyrrole nitrogens is 1. The number of hydrogen-bond donors (Lipinski definition) is 2. The first-order valence-corrected chi connectivity index (χ1v) is 7.58. The molecule has 0 bridgehead atoms. The average Bonchev–Trinajstić information content (AvgIpc) is 3.12. The highest BCUT2D eigenvalue weighted by atomic mass is 16.3. The highest BCUT2D eigenvalue weighted by Crippen LogP contribution is 2.27. The fraction of sp³-hybridized carbons (Fsp3) is 0. The standard InChI is InChI=1S/C18H13N5O2/c24-17-9-5-4-8-13(17)14-10-15(21-18(25)20-14)16-11-19-23(22-16)12-6-2-1-3-7-12/h1-11,24H,(H,20,21,25). The van der Waals surface area contributed by atoms with E-state index in [4.69, 9.17) is 0 Å². The number of phenolic OH excluding ortho intramolecular Hbond substituents is 1. The van der Waals surface area contributed by atoms with E-state index in [2.05, 4.69) is 20.2 Å². The topological polar surface area (TPSA) is 96.7 Å². The van der Waals surface area contributed by atoms with Gasteiger partial charge in [-0.1, -0.05) is 30.3 Å². The first-order valence-electron chi connectivity index (χ1n) is 7.58. The molecular formula is C18H13N5O2. The molecule has 2 heterocycles. The minimum absolute atomic E-state index is 0.0551. The van der Waals surface area contributed by atoms with Crippen LogP contribution < -0.4 is 5.69 Å². The third-order valence-corrected chi connectivity index (χ3v) is 3.68. The van der Waals surface area contributed by atoms with E-state index in [1.165, 1.54) is 4.80 Å². The molecule has 0 atom stereocenters. The van der Waals surface area contributed by atoms with Crippen LogP contribution in [0.4, 0.5) is 0 Å². The average molecular weight is 331 g/mol. The van der Waals surface area contributed by atoms with E-state index in [0.717, 1.165) is 5.69 Å². The van der Waals surface area contributed by atoms with Crippen molar-refractivity contribution in [2.24, 2.45) is 0 Å². The quantitative estimate of drug-likeness (QED) is 0.601. The Morgan fingerprint density at radius 3 is 2.52 bits per heavy atom. The molecule has 0 saturated heterocycles. The molecule has 0 radical (unpaired) electrons. The molecule has 0 spiro atoms. The third kappa shape index (κ3) is 2.90. The Morgan fingerprint density at radius 1 is 0.960 bits per heavy atom. The van der Waals surface area contributed by atoms with Crippen molar-refractivity contribution < 1.29 is 5.11 Å². The summed E-state index contributed by atoms with van der Waals surface area (Å²) in [6.45, 7) is 0. The van der Waals surface area contributed by atoms with Crippen molar-refractivity contribution in [3.63, 3.8) is 0 Å². The van der Waals surface area contributed by atoms with Crippen LogP contribution in [0.1, 0.15) is 0 Å². The van der Waals surface area contributed by atoms with Crippen molar-refractivity contribution >= 4 is 0 Å². The van der Waals surface area contributed by atoms with E-state index in [1.54, 1.807) is 36.5 Å². The van der Waals surface area contributed by atoms with Gasteiger partial charge in [0, 0.05) is 5.56 Å². The summed E-state index contributed by atoms with van der Waals surface area (Å²) in [6, 6.07) is 17.8. The summed E-state index contributed by atoms with van der Waals surface area (Å²) in [7, 11) is 0. The Hall–Kier alpha value is -3.74. The zero-order valence-corrected chi connectivity index (χ0v) is 13.0. The van der Waals surface area contributed by atoms with Crippen molar-refractivity contribution in [2.75, 3.05) is 0 Å². The lowest BCUT2D eigenvalue weighted by molar-refractivity contribution is 0.477. The van der Waals surface area contributed by atoms with E-state index in [0.29, 0.717) is 22.6 Å². The van der Waals surface area contributed by atoms with Crippen LogP contribution in [0.25, 0.3) is 28.3 Å². The molecule has 0 aliphatic carbocycles. The lowest BCUT2D eigenvalue weighted by Crippen LogP contribution is -2.12. The van der Waals surface area contributed by atoms with Crippen LogP contribution in [-0.2, 0) is 0 Å². The Morgan fingerprint density at radius 2 is 1.72 bits per heavy atom. The fourth-order valence-corrected chi connectivity index (χ4v) is 2.50. The Bertz CT molecular complexity index is 1090. The zero-order chi connectivity index (χ0) is 17.2. The molecular weight excluding hydrogens is 318 g/mol. The fourth-order valence-electron chi connectivity index (χ4n) is 2.50. The summed E-state index contributed by atoms with van der Waals surface area (Å²) in [5.74, 6) is 0.0551. The minimum Gasteiger partial charge on any atom is -0.507 e. The highest BCUT2D eigenvalue weighted by molar-refractivity contribution is 5.70. The molecule has 7 nitrogen and oxygen atoms in total. The number of aromatic nitrogens is 5. The molecule has 0 saturated carbocycles. The number of rotatable bonds is 3. The monoisotopic (exact) mass is 331 g/mol. The minimum atomic E-state index is -0.523. The number of nitrogens with one attached hydrogen (secondary N) is 1. The Balaban J connectivity index is 1.78. The van der Waals surface area contributed by atoms with Gasteiger partial charge in [-0.3, -0.25) is 0 Å². The van der Waals surface area contributed by atoms with E-state index in [9.17, 15) is 9.90 Å². The number of aromatic hydroxyl groups is 1. The molecule has 0 aliphatic rings. The van der Waals surface area contributed by atoms with Gasteiger partial charge in [0.25, 0.3) is 0 Å². The number of hydrogen-bond acceptors (Lipinski definition) is 5. The molecule has 0 fully saturated rings. The first kappa shape index (κ1) is 14.8. The molecule has 25 heavy (non-hydrogen) atoms. The van der Waals surface area contributed by atoms with Gasteiger partial charge in [0.1, 0.15) is 11.4 Å². The SMILES string of the molecule is O=c1nc(-c2ccccc2O)cc(-c2cnn(-c3ccccc3)n2)[nH]1. The van der Waals surface area contributed by atoms with Crippen LogP contribution >= 0.6 is 0 Å². The lowest BCUT2D eigenvalue weighted by Gasteiger charge is -2.04. The highest BCUT2D eigenvalue weighted by Gasteiger charge is 2.11. The van der Waals surface area contributed by atoms with Crippen LogP contribution in [0.5, 0.6) is 5.75 Å². The Labute approximate surface area is 142 Å². The third-order valence-electron chi connectivity index (χ3n) is 3.68. The lowest BCUT2D eigenvalue weighted by atomic mass is 10.1. The number of para-hydroxylation sites is 2. The van der Waals surface area contributed by atoms with Gasteiger partial charge < -0.3 is 10.1 Å². The first-order chi connectivity index (χ1) is 12.2. The molecule has 2 aromatic carbocycles. The second kappa shape index (κ2) is 6.04. The molecule has 0 unspecified atom stereocenters. The summed E-state index contributed by atoms with van der Waals surface area (Å²) in [5, 5.41) is 18.6. The number of benzene rings is 2. The van der Waals surface area contributed by atoms with Gasteiger partial charge in [0.2, 0.25) is 0 Å². The number of aromatic amines is 1. The summed E-state index contributed by atoms with van der Waals surface area (Å²) in [6.07, 6.45) is 1.56. The van der Waals surface area contributed by atoms with E-state index >= 15 is 0 Å². The summed E-state index contributed by atoms with van der Waals surface area (Å²) < 4.78 is 0. The smallest absolute Gasteiger partial charge is 0.346 e. The van der Waals surface area contributed by atoms with E-state index in [-0.39, 0.29) is 5.75 Å². The second-order valence-electron chi connectivity index (χ2n) is 5.36. The zero-order valence-electron chi connectivity index (χ0n) is 13.0. The van der Waals surface area contributed by atoms with Crippen molar-refractivity contribution in [2.45, 2.75) is 0 Å². The second-order valence-corrected chi connectivity index (χ2v) is 5.36. The maximum atomic E-state index is 11.9. The van der Waals surface area contributed by atoms with Crippen molar-refractivity contribution in [1.29, 1.82) is 0 Å². The maximum Gasteiger partial charge on any atom is 0.346 e. The largest absolute Gasteiger partial charge is 0.507 e. The van der Waals surface area contributed by atoms with Crippen LogP contribution in [0.3, 0.4) is 0 Å². The van der Waals surface area contributed by atoms with Crippen LogP contribution in [0, 0.1) is 0 Å². The number of phenols is 1. The van der Waals surface area contributed by atoms with Gasteiger partial charge in [-0.25, -0.2) is 4.79 Å². The van der Waals surface area contributed by atoms with Gasteiger partial charge in [-0.05, 0) is 30.3 Å². The Kier molecular flexibility index (Phi) is 3.59. The molecule has 2 N–H and O–H groups in total. The normalized spacial score (nSPS) is 10.7. The molecule has 2 aromatic heterocycles. The van der Waals surface area contributed by atoms with E-state index in [1.807, 2.05) is 30.3 Å². The van der Waals surface area contributed by atoms with Gasteiger partial charge in [0.15, 0.2) is 0 Å². The van der Waals surface area contributed by atoms with Crippen molar-refractivity contribution in [3.8, 4) is 34.1 Å².